The van der Waals surface area contributed by atoms with Crippen LogP contribution in [0.5, 0.6) is 11.5 Å². The zero-order valence-corrected chi connectivity index (χ0v) is 15.7. The van der Waals surface area contributed by atoms with E-state index in [0.29, 0.717) is 12.7 Å². The van der Waals surface area contributed by atoms with E-state index in [-0.39, 0.29) is 11.3 Å². The van der Waals surface area contributed by atoms with Crippen molar-refractivity contribution in [1.82, 2.24) is 9.80 Å². The fourth-order valence-corrected chi connectivity index (χ4v) is 4.72. The molecule has 1 aromatic rings. The van der Waals surface area contributed by atoms with Crippen LogP contribution in [0.1, 0.15) is 25.3 Å². The monoisotopic (exact) mass is 360 g/mol. The Kier molecular flexibility index (Phi) is 4.80. The van der Waals surface area contributed by atoms with Gasteiger partial charge in [0, 0.05) is 39.6 Å². The Balaban J connectivity index is 1.39. The Morgan fingerprint density at radius 1 is 1.27 bits per heavy atom. The largest absolute Gasteiger partial charge is 0.454 e. The van der Waals surface area contributed by atoms with Crippen LogP contribution in [0.25, 0.3) is 0 Å². The predicted molar refractivity (Wildman–Crippen MR) is 97.1 cm³/mol. The normalized spacial score (nSPS) is 24.4. The van der Waals surface area contributed by atoms with Crippen LogP contribution in [0.4, 0.5) is 0 Å². The minimum absolute atomic E-state index is 0.186. The van der Waals surface area contributed by atoms with Crippen LogP contribution in [-0.4, -0.2) is 62.4 Å². The molecule has 3 aliphatic rings. The van der Waals surface area contributed by atoms with Crippen molar-refractivity contribution in [1.29, 1.82) is 0 Å². The number of amides is 1. The van der Waals surface area contributed by atoms with Gasteiger partial charge in [0.25, 0.3) is 0 Å². The van der Waals surface area contributed by atoms with E-state index in [1.807, 2.05) is 11.0 Å². The summed E-state index contributed by atoms with van der Waals surface area (Å²) >= 11 is 0. The number of hydrogen-bond donors (Lipinski definition) is 0. The summed E-state index contributed by atoms with van der Waals surface area (Å²) in [4.78, 5) is 16.4. The van der Waals surface area contributed by atoms with Crippen LogP contribution in [-0.2, 0) is 16.1 Å². The average molecular weight is 360 g/mol. The number of carbonyl (C=O) groups is 1. The molecule has 6 nitrogen and oxygen atoms in total. The second-order valence-electron chi connectivity index (χ2n) is 7.88. The van der Waals surface area contributed by atoms with Crippen LogP contribution in [0, 0.1) is 11.3 Å². The van der Waals surface area contributed by atoms with Gasteiger partial charge < -0.3 is 19.1 Å². The molecule has 6 heteroatoms. The number of ether oxygens (including phenoxy) is 3. The van der Waals surface area contributed by atoms with Gasteiger partial charge >= 0.3 is 0 Å². The molecule has 2 saturated heterocycles. The summed E-state index contributed by atoms with van der Waals surface area (Å²) in [7, 11) is 1.76. The molecule has 0 aliphatic carbocycles. The van der Waals surface area contributed by atoms with Crippen molar-refractivity contribution in [3.8, 4) is 11.5 Å². The highest BCUT2D eigenvalue weighted by atomic mass is 16.7. The number of carbonyl (C=O) groups excluding carboxylic acids is 1. The van der Waals surface area contributed by atoms with Gasteiger partial charge in [-0.15, -0.1) is 0 Å². The molecule has 1 aromatic carbocycles. The van der Waals surface area contributed by atoms with E-state index < -0.39 is 0 Å². The molecule has 0 bridgehead atoms. The van der Waals surface area contributed by atoms with E-state index in [0.717, 1.165) is 63.7 Å². The number of likely N-dealkylation sites (tertiary alicyclic amines) is 2. The van der Waals surface area contributed by atoms with Gasteiger partial charge in [-0.25, -0.2) is 0 Å². The highest BCUT2D eigenvalue weighted by molar-refractivity contribution is 5.73. The van der Waals surface area contributed by atoms with Crippen molar-refractivity contribution in [2.75, 3.05) is 46.7 Å². The minimum atomic E-state index is 0.186. The summed E-state index contributed by atoms with van der Waals surface area (Å²) < 4.78 is 16.3. The van der Waals surface area contributed by atoms with Crippen molar-refractivity contribution in [2.45, 2.75) is 26.3 Å². The van der Waals surface area contributed by atoms with Crippen molar-refractivity contribution in [3.63, 3.8) is 0 Å². The molecule has 0 aromatic heterocycles. The van der Waals surface area contributed by atoms with E-state index in [9.17, 15) is 4.79 Å². The lowest BCUT2D eigenvalue weighted by atomic mass is 9.71. The standard InChI is InChI=1S/C20H28N2O4/c1-15(23)22-11-17(12-24-2)20(13-22)5-7-21(8-6-20)10-16-3-4-18-19(9-16)26-14-25-18/h3-4,9,17H,5-8,10-14H2,1-2H3/t17-/m1/s1. The van der Waals surface area contributed by atoms with Crippen LogP contribution in [0.15, 0.2) is 18.2 Å². The molecule has 0 saturated carbocycles. The van der Waals surface area contributed by atoms with Crippen molar-refractivity contribution < 1.29 is 19.0 Å². The number of rotatable bonds is 4. The van der Waals surface area contributed by atoms with Crippen LogP contribution in [0.3, 0.4) is 0 Å². The molecule has 3 heterocycles. The Labute approximate surface area is 155 Å². The lowest BCUT2D eigenvalue weighted by molar-refractivity contribution is -0.128. The van der Waals surface area contributed by atoms with Gasteiger partial charge in [0.05, 0.1) is 6.61 Å². The maximum Gasteiger partial charge on any atom is 0.231 e. The Bertz CT molecular complexity index is 670. The number of benzene rings is 1. The number of fused-ring (bicyclic) bond motifs is 1. The number of piperidine rings is 1. The second kappa shape index (κ2) is 7.08. The van der Waals surface area contributed by atoms with Gasteiger partial charge in [0.1, 0.15) is 0 Å². The predicted octanol–water partition coefficient (Wildman–Crippen LogP) is 2.12. The highest BCUT2D eigenvalue weighted by Gasteiger charge is 2.48. The van der Waals surface area contributed by atoms with Gasteiger partial charge in [0.2, 0.25) is 12.7 Å². The summed E-state index contributed by atoms with van der Waals surface area (Å²) in [6.07, 6.45) is 2.24. The first kappa shape index (κ1) is 17.6. The molecule has 0 radical (unpaired) electrons. The number of hydrogen-bond acceptors (Lipinski definition) is 5. The van der Waals surface area contributed by atoms with Crippen LogP contribution in [0.2, 0.25) is 0 Å². The lowest BCUT2D eigenvalue weighted by Crippen LogP contribution is -2.45. The first-order chi connectivity index (χ1) is 12.6. The Morgan fingerprint density at radius 3 is 2.77 bits per heavy atom. The fraction of sp³-hybridized carbons (Fsp3) is 0.650. The Morgan fingerprint density at radius 2 is 2.04 bits per heavy atom. The summed E-state index contributed by atoms with van der Waals surface area (Å²) in [5.74, 6) is 2.32. The molecule has 1 spiro atoms. The van der Waals surface area contributed by atoms with Gasteiger partial charge in [-0.1, -0.05) is 6.07 Å². The molecule has 4 rings (SSSR count). The summed E-state index contributed by atoms with van der Waals surface area (Å²) in [5, 5.41) is 0. The number of nitrogens with zero attached hydrogens (tertiary/aromatic N) is 2. The molecular formula is C20H28N2O4. The zero-order valence-electron chi connectivity index (χ0n) is 15.7. The van der Waals surface area contributed by atoms with Crippen molar-refractivity contribution >= 4 is 5.91 Å². The van der Waals surface area contributed by atoms with Crippen molar-refractivity contribution in [3.05, 3.63) is 23.8 Å². The molecule has 2 fully saturated rings. The summed E-state index contributed by atoms with van der Waals surface area (Å²) in [5.41, 5.74) is 1.47. The second-order valence-corrected chi connectivity index (χ2v) is 7.88. The molecule has 0 N–H and O–H groups in total. The fourth-order valence-electron chi connectivity index (χ4n) is 4.72. The first-order valence-electron chi connectivity index (χ1n) is 9.45. The molecule has 3 aliphatic heterocycles. The topological polar surface area (TPSA) is 51.2 Å². The average Bonchev–Trinajstić information content (AvgIpc) is 3.23. The van der Waals surface area contributed by atoms with Crippen LogP contribution < -0.4 is 9.47 Å². The maximum absolute atomic E-state index is 11.9. The van der Waals surface area contributed by atoms with E-state index in [1.165, 1.54) is 5.56 Å². The van der Waals surface area contributed by atoms with Gasteiger partial charge in [-0.05, 0) is 49.0 Å². The molecule has 26 heavy (non-hydrogen) atoms. The first-order valence-corrected chi connectivity index (χ1v) is 9.45. The van der Waals surface area contributed by atoms with E-state index in [4.69, 9.17) is 14.2 Å². The molecule has 0 unspecified atom stereocenters. The van der Waals surface area contributed by atoms with E-state index in [2.05, 4.69) is 17.0 Å². The Hall–Kier alpha value is -1.79. The molecule has 1 amide bonds. The SMILES string of the molecule is COC[C@H]1CN(C(C)=O)CC12CCN(Cc1ccc3c(c1)OCO3)CC2. The molecule has 1 atom stereocenters. The third-order valence-electron chi connectivity index (χ3n) is 6.32. The zero-order chi connectivity index (χ0) is 18.1. The van der Waals surface area contributed by atoms with Crippen LogP contribution >= 0.6 is 0 Å². The quantitative estimate of drug-likeness (QED) is 0.823. The van der Waals surface area contributed by atoms with E-state index >= 15 is 0 Å². The van der Waals surface area contributed by atoms with Gasteiger partial charge in [0.15, 0.2) is 11.5 Å². The lowest BCUT2D eigenvalue weighted by Gasteiger charge is -2.42. The minimum Gasteiger partial charge on any atom is -0.454 e. The van der Waals surface area contributed by atoms with Crippen molar-refractivity contribution in [2.24, 2.45) is 11.3 Å². The molecular weight excluding hydrogens is 332 g/mol. The van der Waals surface area contributed by atoms with E-state index in [1.54, 1.807) is 14.0 Å². The van der Waals surface area contributed by atoms with Gasteiger partial charge in [-0.3, -0.25) is 9.69 Å². The third-order valence-corrected chi connectivity index (χ3v) is 6.32. The number of methoxy groups -OCH3 is 1. The maximum atomic E-state index is 11.9. The summed E-state index contributed by atoms with van der Waals surface area (Å²) in [6, 6.07) is 6.21. The van der Waals surface area contributed by atoms with Gasteiger partial charge in [-0.2, -0.15) is 0 Å². The highest BCUT2D eigenvalue weighted by Crippen LogP contribution is 2.45. The third kappa shape index (κ3) is 3.28. The smallest absolute Gasteiger partial charge is 0.231 e. The summed E-state index contributed by atoms with van der Waals surface area (Å²) in [6.45, 7) is 7.50. The molecule has 142 valence electrons.